The molecule has 0 bridgehead atoms. The number of methoxy groups -OCH3 is 1. The summed E-state index contributed by atoms with van der Waals surface area (Å²) >= 11 is 0. The van der Waals surface area contributed by atoms with Crippen LogP contribution in [0.1, 0.15) is 12.0 Å². The molecule has 0 aliphatic heterocycles. The maximum absolute atomic E-state index is 12.1. The van der Waals surface area contributed by atoms with E-state index in [9.17, 15) is 13.2 Å². The normalized spacial score (nSPS) is 11.9. The molecule has 0 fully saturated rings. The molecule has 152 valence electrons. The Hall–Kier alpha value is -2.94. The molecule has 0 heterocycles. The maximum atomic E-state index is 12.1. The molecule has 9 heteroatoms. The molecule has 2 aromatic rings. The largest absolute Gasteiger partial charge is 0.573 e. The lowest BCUT2D eigenvalue weighted by molar-refractivity contribution is -0.274. The summed E-state index contributed by atoms with van der Waals surface area (Å²) in [5.41, 5.74) is 7.30. The second-order valence-corrected chi connectivity index (χ2v) is 5.72. The molecular weight excluding hydrogens is 375 g/mol. The van der Waals surface area contributed by atoms with E-state index < -0.39 is 6.36 Å². The van der Waals surface area contributed by atoms with Gasteiger partial charge in [-0.1, -0.05) is 12.1 Å². The molecule has 0 saturated carbocycles. The van der Waals surface area contributed by atoms with Gasteiger partial charge in [-0.05, 0) is 48.4 Å². The van der Waals surface area contributed by atoms with E-state index in [0.29, 0.717) is 31.9 Å². The van der Waals surface area contributed by atoms with E-state index >= 15 is 0 Å². The third kappa shape index (κ3) is 8.17. The molecule has 28 heavy (non-hydrogen) atoms. The fourth-order valence-corrected chi connectivity index (χ4v) is 2.21. The first-order valence-corrected chi connectivity index (χ1v) is 8.49. The summed E-state index contributed by atoms with van der Waals surface area (Å²) < 4.78 is 50.8. The second-order valence-electron chi connectivity index (χ2n) is 5.72. The van der Waals surface area contributed by atoms with Crippen LogP contribution in [0.5, 0.6) is 11.5 Å². The molecule has 0 atom stereocenters. The van der Waals surface area contributed by atoms with Crippen molar-refractivity contribution in [3.8, 4) is 11.5 Å². The van der Waals surface area contributed by atoms with E-state index in [2.05, 4.69) is 15.0 Å². The minimum atomic E-state index is -4.72. The average molecular weight is 397 g/mol. The van der Waals surface area contributed by atoms with Gasteiger partial charge in [-0.15, -0.1) is 13.2 Å². The highest BCUT2D eigenvalue weighted by atomic mass is 19.4. The Morgan fingerprint density at radius 2 is 1.68 bits per heavy atom. The first-order valence-electron chi connectivity index (χ1n) is 8.49. The number of hydrogen-bond acceptors (Lipinski definition) is 4. The lowest BCUT2D eigenvalue weighted by Gasteiger charge is -2.10. The van der Waals surface area contributed by atoms with Crippen molar-refractivity contribution in [1.29, 1.82) is 0 Å². The number of halogens is 3. The van der Waals surface area contributed by atoms with Gasteiger partial charge in [0.1, 0.15) is 11.5 Å². The molecule has 0 unspecified atom stereocenters. The van der Waals surface area contributed by atoms with Crippen molar-refractivity contribution in [1.82, 2.24) is 0 Å². The zero-order valence-corrected chi connectivity index (χ0v) is 15.3. The highest BCUT2D eigenvalue weighted by Crippen LogP contribution is 2.23. The summed E-state index contributed by atoms with van der Waals surface area (Å²) in [6, 6.07) is 12.8. The van der Waals surface area contributed by atoms with Gasteiger partial charge in [0.25, 0.3) is 0 Å². The molecule has 0 saturated heterocycles. The summed E-state index contributed by atoms with van der Waals surface area (Å²) in [6.45, 7) is 1.47. The van der Waals surface area contributed by atoms with Gasteiger partial charge in [-0.25, -0.2) is 0 Å². The van der Waals surface area contributed by atoms with Gasteiger partial charge >= 0.3 is 6.36 Å². The standard InChI is InChI=1S/C19H22F3N3O3/c1-26-16-7-3-14(4-8-16)13-27-12-2-11-24-18(23)25-15-5-9-17(10-6-15)28-19(20,21)22/h3-10H,2,11-13H2,1H3,(H3,23,24,25). The lowest BCUT2D eigenvalue weighted by Crippen LogP contribution is -2.23. The van der Waals surface area contributed by atoms with E-state index in [1.54, 1.807) is 7.11 Å². The number of nitrogens with one attached hydrogen (secondary N) is 1. The number of guanidine groups is 1. The number of benzene rings is 2. The van der Waals surface area contributed by atoms with Crippen LogP contribution in [0.4, 0.5) is 18.9 Å². The Labute approximate surface area is 161 Å². The Morgan fingerprint density at radius 1 is 1.04 bits per heavy atom. The minimum Gasteiger partial charge on any atom is -0.497 e. The van der Waals surface area contributed by atoms with Crippen LogP contribution in [0, 0.1) is 0 Å². The van der Waals surface area contributed by atoms with Gasteiger partial charge in [-0.3, -0.25) is 4.99 Å². The number of hydrogen-bond donors (Lipinski definition) is 2. The number of anilines is 1. The van der Waals surface area contributed by atoms with Crippen LogP contribution in [-0.4, -0.2) is 32.6 Å². The van der Waals surface area contributed by atoms with E-state index in [0.717, 1.165) is 11.3 Å². The van der Waals surface area contributed by atoms with Crippen molar-refractivity contribution < 1.29 is 27.4 Å². The van der Waals surface area contributed by atoms with Gasteiger partial charge in [0, 0.05) is 18.8 Å². The molecule has 0 aliphatic carbocycles. The van der Waals surface area contributed by atoms with Gasteiger partial charge in [0.2, 0.25) is 0 Å². The molecular formula is C19H22F3N3O3. The Morgan fingerprint density at radius 3 is 2.29 bits per heavy atom. The predicted molar refractivity (Wildman–Crippen MR) is 101 cm³/mol. The summed E-state index contributed by atoms with van der Waals surface area (Å²) in [5, 5.41) is 2.80. The van der Waals surface area contributed by atoms with Crippen molar-refractivity contribution in [2.45, 2.75) is 19.4 Å². The highest BCUT2D eigenvalue weighted by molar-refractivity contribution is 5.92. The predicted octanol–water partition coefficient (Wildman–Crippen LogP) is 3.93. The van der Waals surface area contributed by atoms with Crippen molar-refractivity contribution in [3.05, 3.63) is 54.1 Å². The van der Waals surface area contributed by atoms with Crippen molar-refractivity contribution in [2.75, 3.05) is 25.6 Å². The van der Waals surface area contributed by atoms with Crippen molar-refractivity contribution >= 4 is 11.6 Å². The molecule has 0 spiro atoms. The zero-order valence-electron chi connectivity index (χ0n) is 15.3. The SMILES string of the molecule is COc1ccc(COCCCN=C(N)Nc2ccc(OC(F)(F)F)cc2)cc1. The first-order chi connectivity index (χ1) is 13.4. The van der Waals surface area contributed by atoms with E-state index in [4.69, 9.17) is 15.2 Å². The van der Waals surface area contributed by atoms with Crippen LogP contribution in [-0.2, 0) is 11.3 Å². The van der Waals surface area contributed by atoms with Crippen LogP contribution in [0.15, 0.2) is 53.5 Å². The zero-order chi connectivity index (χ0) is 20.4. The number of ether oxygens (including phenoxy) is 3. The topological polar surface area (TPSA) is 78.1 Å². The van der Waals surface area contributed by atoms with Crippen LogP contribution in [0.3, 0.4) is 0 Å². The molecule has 0 amide bonds. The highest BCUT2D eigenvalue weighted by Gasteiger charge is 2.30. The van der Waals surface area contributed by atoms with Gasteiger partial charge in [0.05, 0.1) is 13.7 Å². The van der Waals surface area contributed by atoms with Crippen LogP contribution in [0.25, 0.3) is 0 Å². The molecule has 0 aliphatic rings. The quantitative estimate of drug-likeness (QED) is 0.381. The van der Waals surface area contributed by atoms with Crippen molar-refractivity contribution in [3.63, 3.8) is 0 Å². The van der Waals surface area contributed by atoms with E-state index in [1.807, 2.05) is 24.3 Å². The van der Waals surface area contributed by atoms with E-state index in [-0.39, 0.29) is 11.7 Å². The fraction of sp³-hybridized carbons (Fsp3) is 0.316. The third-order valence-corrected chi connectivity index (χ3v) is 3.52. The minimum absolute atomic E-state index is 0.166. The monoisotopic (exact) mass is 397 g/mol. The molecule has 0 aromatic heterocycles. The van der Waals surface area contributed by atoms with Gasteiger partial charge in [0.15, 0.2) is 5.96 Å². The fourth-order valence-electron chi connectivity index (χ4n) is 2.21. The Bertz CT molecular complexity index is 748. The number of aliphatic imine (C=N–C) groups is 1. The van der Waals surface area contributed by atoms with E-state index in [1.165, 1.54) is 24.3 Å². The van der Waals surface area contributed by atoms with Crippen LogP contribution in [0.2, 0.25) is 0 Å². The number of nitrogens with two attached hydrogens (primary N) is 1. The number of alkyl halides is 3. The molecule has 6 nitrogen and oxygen atoms in total. The molecule has 2 aromatic carbocycles. The number of nitrogens with zero attached hydrogens (tertiary/aromatic N) is 1. The molecule has 0 radical (unpaired) electrons. The molecule has 2 rings (SSSR count). The average Bonchev–Trinajstić information content (AvgIpc) is 2.65. The van der Waals surface area contributed by atoms with Crippen LogP contribution < -0.4 is 20.5 Å². The summed E-state index contributed by atoms with van der Waals surface area (Å²) in [5.74, 6) is 0.658. The Kier molecular flexibility index (Phi) is 7.94. The molecule has 3 N–H and O–H groups in total. The summed E-state index contributed by atoms with van der Waals surface area (Å²) in [4.78, 5) is 4.14. The lowest BCUT2D eigenvalue weighted by atomic mass is 10.2. The maximum Gasteiger partial charge on any atom is 0.573 e. The Balaban J connectivity index is 1.65. The van der Waals surface area contributed by atoms with Crippen molar-refractivity contribution in [2.24, 2.45) is 10.7 Å². The van der Waals surface area contributed by atoms with Gasteiger partial charge < -0.3 is 25.3 Å². The second kappa shape index (κ2) is 10.4. The first kappa shape index (κ1) is 21.4. The van der Waals surface area contributed by atoms with Crippen LogP contribution >= 0.6 is 0 Å². The summed E-state index contributed by atoms with van der Waals surface area (Å²) in [7, 11) is 1.62. The third-order valence-electron chi connectivity index (χ3n) is 3.52. The van der Waals surface area contributed by atoms with Gasteiger partial charge in [-0.2, -0.15) is 0 Å². The summed E-state index contributed by atoms with van der Waals surface area (Å²) in [6.07, 6.45) is -4.04. The smallest absolute Gasteiger partial charge is 0.497 e. The number of rotatable bonds is 9.